The molecule has 3 nitrogen and oxygen atoms in total. The molecule has 0 aromatic heterocycles. The minimum Gasteiger partial charge on any atom is -0.381 e. The first-order valence-corrected chi connectivity index (χ1v) is 11.2. The van der Waals surface area contributed by atoms with Gasteiger partial charge in [0.15, 0.2) is 11.6 Å². The summed E-state index contributed by atoms with van der Waals surface area (Å²) in [6.45, 7) is 7.42. The van der Waals surface area contributed by atoms with Crippen LogP contribution in [0.5, 0.6) is 0 Å². The van der Waals surface area contributed by atoms with Crippen LogP contribution in [0.1, 0.15) is 47.0 Å². The van der Waals surface area contributed by atoms with E-state index in [4.69, 9.17) is 34.8 Å². The van der Waals surface area contributed by atoms with Crippen molar-refractivity contribution in [3.05, 3.63) is 23.8 Å². The molecule has 0 heterocycles. The number of hydrogen-bond donors (Lipinski definition) is 1. The van der Waals surface area contributed by atoms with Crippen LogP contribution in [0.25, 0.3) is 0 Å². The largest absolute Gasteiger partial charge is 0.381 e. The van der Waals surface area contributed by atoms with Crippen LogP contribution in [0.2, 0.25) is 0 Å². The number of carbonyl (C=O) groups excluding carboxylic acids is 2. The molecule has 1 N–H and O–H groups in total. The topological polar surface area (TPSA) is 54.4 Å². The Morgan fingerprint density at radius 3 is 2.46 bits per heavy atom. The molecule has 9 atom stereocenters. The number of hydrogen-bond acceptors (Lipinski definition) is 3. The maximum absolute atomic E-state index is 12.6. The quantitative estimate of drug-likeness (QED) is 0.597. The average Bonchev–Trinajstić information content (AvgIpc) is 2.81. The summed E-state index contributed by atoms with van der Waals surface area (Å²) in [6, 6.07) is 0. The van der Waals surface area contributed by atoms with Crippen molar-refractivity contribution < 1.29 is 14.7 Å². The highest BCUT2D eigenvalue weighted by molar-refractivity contribution is 6.34. The van der Waals surface area contributed by atoms with Crippen molar-refractivity contribution >= 4 is 46.4 Å². The van der Waals surface area contributed by atoms with Gasteiger partial charge in [0.25, 0.3) is 0 Å². The second-order valence-electron chi connectivity index (χ2n) is 9.77. The van der Waals surface area contributed by atoms with Gasteiger partial charge in [-0.2, -0.15) is 0 Å². The summed E-state index contributed by atoms with van der Waals surface area (Å²) < 4.78 is 0. The Bertz CT molecular complexity index is 822. The molecule has 4 aliphatic carbocycles. The van der Waals surface area contributed by atoms with Crippen LogP contribution in [-0.2, 0) is 9.59 Å². The summed E-state index contributed by atoms with van der Waals surface area (Å²) in [4.78, 5) is 23.7. The third-order valence-electron chi connectivity index (χ3n) is 8.70. The highest BCUT2D eigenvalue weighted by atomic mass is 35.5. The monoisotopic (exact) mass is 444 g/mol. The average molecular weight is 446 g/mol. The van der Waals surface area contributed by atoms with Crippen molar-refractivity contribution in [3.8, 4) is 0 Å². The number of allylic oxidation sites excluding steroid dienone is 4. The minimum absolute atomic E-state index is 0.0227. The Balaban J connectivity index is 1.88. The van der Waals surface area contributed by atoms with E-state index < -0.39 is 26.7 Å². The Morgan fingerprint density at radius 1 is 1.21 bits per heavy atom. The number of fused-ring (bicyclic) bond motifs is 5. The molecule has 0 spiro atoms. The van der Waals surface area contributed by atoms with Crippen LogP contribution < -0.4 is 0 Å². The highest BCUT2D eigenvalue weighted by Crippen LogP contribution is 2.72. The van der Waals surface area contributed by atoms with Gasteiger partial charge in [-0.05, 0) is 61.7 Å². The van der Waals surface area contributed by atoms with Gasteiger partial charge in [0.1, 0.15) is 5.60 Å². The molecule has 0 saturated heterocycles. The molecule has 0 unspecified atom stereocenters. The maximum atomic E-state index is 12.6. The van der Waals surface area contributed by atoms with E-state index >= 15 is 0 Å². The van der Waals surface area contributed by atoms with Gasteiger partial charge >= 0.3 is 0 Å². The summed E-state index contributed by atoms with van der Waals surface area (Å²) in [5.74, 6) is -0.513. The fourth-order valence-electron chi connectivity index (χ4n) is 7.22. The first-order chi connectivity index (χ1) is 12.8. The van der Waals surface area contributed by atoms with E-state index in [0.29, 0.717) is 19.3 Å². The summed E-state index contributed by atoms with van der Waals surface area (Å²) >= 11 is 21.3. The van der Waals surface area contributed by atoms with Crippen LogP contribution in [0.15, 0.2) is 23.8 Å². The molecule has 6 heteroatoms. The molecule has 0 radical (unpaired) electrons. The molecule has 28 heavy (non-hydrogen) atoms. The van der Waals surface area contributed by atoms with Crippen LogP contribution in [0.3, 0.4) is 0 Å². The van der Waals surface area contributed by atoms with E-state index in [2.05, 4.69) is 0 Å². The van der Waals surface area contributed by atoms with Gasteiger partial charge in [-0.1, -0.05) is 26.8 Å². The lowest BCUT2D eigenvalue weighted by Crippen LogP contribution is -2.68. The number of carbonyl (C=O) groups is 2. The third-order valence-corrected chi connectivity index (χ3v) is 10.7. The van der Waals surface area contributed by atoms with Gasteiger partial charge < -0.3 is 5.11 Å². The summed E-state index contributed by atoms with van der Waals surface area (Å²) in [7, 11) is 0. The molecule has 3 saturated carbocycles. The molecule has 0 aromatic rings. The fraction of sp³-hybridized carbons (Fsp3) is 0.727. The number of aliphatic hydroxyl groups is 1. The van der Waals surface area contributed by atoms with Gasteiger partial charge in [-0.25, -0.2) is 0 Å². The second kappa shape index (κ2) is 6.09. The first kappa shape index (κ1) is 20.9. The summed E-state index contributed by atoms with van der Waals surface area (Å²) in [5, 5.41) is 10.7. The van der Waals surface area contributed by atoms with Crippen molar-refractivity contribution in [2.45, 2.75) is 68.2 Å². The van der Waals surface area contributed by atoms with Crippen LogP contribution in [0.4, 0.5) is 0 Å². The van der Waals surface area contributed by atoms with Gasteiger partial charge in [-0.15, -0.1) is 34.8 Å². The van der Waals surface area contributed by atoms with Crippen LogP contribution in [-0.4, -0.2) is 37.9 Å². The normalized spacial score (nSPS) is 55.2. The molecule has 3 fully saturated rings. The minimum atomic E-state index is -1.42. The molecule has 4 aliphatic rings. The molecular formula is C22H27Cl3O3. The zero-order chi connectivity index (χ0) is 20.9. The molecule has 154 valence electrons. The van der Waals surface area contributed by atoms with E-state index in [1.54, 1.807) is 12.2 Å². The van der Waals surface area contributed by atoms with Gasteiger partial charge in [-0.3, -0.25) is 9.59 Å². The lowest BCUT2D eigenvalue weighted by molar-refractivity contribution is -0.162. The molecule has 0 aliphatic heterocycles. The zero-order valence-corrected chi connectivity index (χ0v) is 18.9. The van der Waals surface area contributed by atoms with E-state index in [-0.39, 0.29) is 34.7 Å². The summed E-state index contributed by atoms with van der Waals surface area (Å²) in [6.07, 6.45) is 6.76. The van der Waals surface area contributed by atoms with Crippen molar-refractivity contribution in [1.82, 2.24) is 0 Å². The van der Waals surface area contributed by atoms with Crippen molar-refractivity contribution in [2.75, 3.05) is 0 Å². The molecule has 0 aromatic carbocycles. The zero-order valence-electron chi connectivity index (χ0n) is 16.6. The van der Waals surface area contributed by atoms with E-state index in [1.807, 2.05) is 26.8 Å². The molecule has 0 amide bonds. The smallest absolute Gasteiger partial charge is 0.178 e. The number of rotatable bonds is 1. The number of halogens is 3. The predicted molar refractivity (Wildman–Crippen MR) is 112 cm³/mol. The Kier molecular flexibility index (Phi) is 4.55. The third kappa shape index (κ3) is 2.18. The number of ketones is 2. The van der Waals surface area contributed by atoms with E-state index in [0.717, 1.165) is 5.57 Å². The summed E-state index contributed by atoms with van der Waals surface area (Å²) in [5.41, 5.74) is -1.89. The fourth-order valence-corrected chi connectivity index (χ4v) is 8.91. The Labute approximate surface area is 181 Å². The lowest BCUT2D eigenvalue weighted by atomic mass is 9.46. The van der Waals surface area contributed by atoms with Crippen LogP contribution in [0, 0.1) is 28.6 Å². The van der Waals surface area contributed by atoms with E-state index in [9.17, 15) is 14.7 Å². The lowest BCUT2D eigenvalue weighted by Gasteiger charge is -2.64. The Morgan fingerprint density at radius 2 is 1.86 bits per heavy atom. The predicted octanol–water partition coefficient (Wildman–Crippen LogP) is 4.66. The maximum Gasteiger partial charge on any atom is 0.178 e. The number of alkyl halides is 3. The molecular weight excluding hydrogens is 419 g/mol. The standard InChI is InChI=1S/C22H27Cl3O3/c1-11-7-14-15-9-17(23)16-8-13(27)5-6-19(16,3)21(15,25)18(24)10-20(14,4)22(11,28)12(2)26/h5-6,8,11,14-15,17-18,28H,7,9-10H2,1-4H3/t11-,14+,15+,17+,18+,19+,20+,21+,22+/m1/s1. The van der Waals surface area contributed by atoms with Gasteiger partial charge in [0.05, 0.1) is 15.6 Å². The van der Waals surface area contributed by atoms with Crippen molar-refractivity contribution in [2.24, 2.45) is 28.6 Å². The van der Waals surface area contributed by atoms with Crippen LogP contribution >= 0.6 is 34.8 Å². The van der Waals surface area contributed by atoms with Crippen molar-refractivity contribution in [3.63, 3.8) is 0 Å². The van der Waals surface area contributed by atoms with Gasteiger partial charge in [0, 0.05) is 10.8 Å². The first-order valence-electron chi connectivity index (χ1n) is 9.99. The molecule has 0 bridgehead atoms. The van der Waals surface area contributed by atoms with E-state index in [1.165, 1.54) is 6.92 Å². The van der Waals surface area contributed by atoms with Crippen molar-refractivity contribution in [1.29, 1.82) is 0 Å². The Hall–Kier alpha value is -0.350. The second-order valence-corrected chi connectivity index (χ2v) is 11.4. The van der Waals surface area contributed by atoms with Gasteiger partial charge in [0.2, 0.25) is 0 Å². The number of Topliss-reactive ketones (excluding diaryl/α,β-unsaturated/α-hetero) is 1. The highest BCUT2D eigenvalue weighted by Gasteiger charge is 2.74. The SMILES string of the molecule is CC(=O)[C@@]1(O)[C@H](C)C[C@H]2[C@@H]3C[C@H](Cl)C4=CC(=O)C=C[C@]4(C)[C@@]3(Cl)[C@@H](Cl)C[C@@]21C. The molecule has 4 rings (SSSR count).